The predicted octanol–water partition coefficient (Wildman–Crippen LogP) is 1.55. The van der Waals surface area contributed by atoms with Gasteiger partial charge in [-0.2, -0.15) is 0 Å². The summed E-state index contributed by atoms with van der Waals surface area (Å²) in [7, 11) is 1.54. The van der Waals surface area contributed by atoms with Gasteiger partial charge in [0.1, 0.15) is 5.75 Å². The number of carbonyl (C=O) groups is 2. The highest BCUT2D eigenvalue weighted by Gasteiger charge is 2.24. The van der Waals surface area contributed by atoms with Crippen LogP contribution in [0.5, 0.6) is 17.2 Å². The van der Waals surface area contributed by atoms with Crippen molar-refractivity contribution in [2.75, 3.05) is 51.9 Å². The SMILES string of the molecule is COc1cc2c(cc1NC(=O)CN1CCN(C(=O)CC(C)C)CC1)OCO2. The van der Waals surface area contributed by atoms with Gasteiger partial charge in [-0.1, -0.05) is 13.8 Å². The lowest BCUT2D eigenvalue weighted by Crippen LogP contribution is -2.50. The smallest absolute Gasteiger partial charge is 0.238 e. The van der Waals surface area contributed by atoms with Crippen molar-refractivity contribution in [3.8, 4) is 17.2 Å². The summed E-state index contributed by atoms with van der Waals surface area (Å²) in [5.74, 6) is 2.14. The lowest BCUT2D eigenvalue weighted by molar-refractivity contribution is -0.133. The van der Waals surface area contributed by atoms with Gasteiger partial charge >= 0.3 is 0 Å². The number of hydrogen-bond acceptors (Lipinski definition) is 6. The Morgan fingerprint density at radius 2 is 1.81 bits per heavy atom. The van der Waals surface area contributed by atoms with Crippen LogP contribution in [0.1, 0.15) is 20.3 Å². The van der Waals surface area contributed by atoms with Gasteiger partial charge in [-0.05, 0) is 5.92 Å². The van der Waals surface area contributed by atoms with Crippen LogP contribution in [-0.2, 0) is 9.59 Å². The first-order valence-electron chi connectivity index (χ1n) is 9.24. The monoisotopic (exact) mass is 377 g/mol. The highest BCUT2D eigenvalue weighted by atomic mass is 16.7. The zero-order valence-corrected chi connectivity index (χ0v) is 16.1. The summed E-state index contributed by atoms with van der Waals surface area (Å²) >= 11 is 0. The van der Waals surface area contributed by atoms with E-state index in [9.17, 15) is 9.59 Å². The van der Waals surface area contributed by atoms with Gasteiger partial charge in [0.2, 0.25) is 18.6 Å². The Labute approximate surface area is 159 Å². The second kappa shape index (κ2) is 8.47. The van der Waals surface area contributed by atoms with Crippen molar-refractivity contribution in [2.45, 2.75) is 20.3 Å². The van der Waals surface area contributed by atoms with E-state index < -0.39 is 0 Å². The van der Waals surface area contributed by atoms with Crippen LogP contribution in [0.25, 0.3) is 0 Å². The van der Waals surface area contributed by atoms with E-state index in [0.29, 0.717) is 61.5 Å². The van der Waals surface area contributed by atoms with E-state index in [1.54, 1.807) is 19.2 Å². The molecule has 1 N–H and O–H groups in total. The number of piperazine rings is 1. The minimum absolute atomic E-state index is 0.130. The molecule has 1 fully saturated rings. The summed E-state index contributed by atoms with van der Waals surface area (Å²) in [5.41, 5.74) is 0.553. The normalized spacial score (nSPS) is 16.5. The molecule has 2 aliphatic rings. The summed E-state index contributed by atoms with van der Waals surface area (Å²) in [4.78, 5) is 28.5. The Balaban J connectivity index is 1.51. The molecule has 27 heavy (non-hydrogen) atoms. The van der Waals surface area contributed by atoms with Crippen molar-refractivity contribution in [1.29, 1.82) is 0 Å². The van der Waals surface area contributed by atoms with E-state index in [1.165, 1.54) is 0 Å². The highest BCUT2D eigenvalue weighted by Crippen LogP contribution is 2.40. The van der Waals surface area contributed by atoms with Gasteiger partial charge in [0.15, 0.2) is 11.5 Å². The van der Waals surface area contributed by atoms with E-state index in [2.05, 4.69) is 5.32 Å². The first-order chi connectivity index (χ1) is 13.0. The topological polar surface area (TPSA) is 80.3 Å². The molecule has 8 nitrogen and oxygen atoms in total. The Kier molecular flexibility index (Phi) is 6.05. The minimum atomic E-state index is -0.130. The molecular formula is C19H27N3O5. The quantitative estimate of drug-likeness (QED) is 0.810. The van der Waals surface area contributed by atoms with Gasteiger partial charge in [-0.3, -0.25) is 14.5 Å². The third-order valence-electron chi connectivity index (χ3n) is 4.64. The standard InChI is InChI=1S/C19H27N3O5/c1-13(2)8-19(24)22-6-4-21(5-7-22)11-18(23)20-14-9-16-17(27-12-26-16)10-15(14)25-3/h9-10,13H,4-8,11-12H2,1-3H3,(H,20,23). The van der Waals surface area contributed by atoms with Crippen molar-refractivity contribution in [3.05, 3.63) is 12.1 Å². The molecule has 0 aromatic heterocycles. The van der Waals surface area contributed by atoms with E-state index in [0.717, 1.165) is 0 Å². The zero-order valence-electron chi connectivity index (χ0n) is 16.1. The second-order valence-electron chi connectivity index (χ2n) is 7.21. The van der Waals surface area contributed by atoms with Crippen molar-refractivity contribution >= 4 is 17.5 Å². The molecule has 0 unspecified atom stereocenters. The van der Waals surface area contributed by atoms with Gasteiger partial charge in [0, 0.05) is 44.7 Å². The number of nitrogens with zero attached hydrogens (tertiary/aromatic N) is 2. The molecule has 0 saturated carbocycles. The Hall–Kier alpha value is -2.48. The van der Waals surface area contributed by atoms with Crippen LogP contribution in [-0.4, -0.2) is 68.2 Å². The summed E-state index contributed by atoms with van der Waals surface area (Å²) in [6.45, 7) is 7.22. The van der Waals surface area contributed by atoms with Crippen LogP contribution < -0.4 is 19.5 Å². The Bertz CT molecular complexity index is 699. The third kappa shape index (κ3) is 4.82. The van der Waals surface area contributed by atoms with Gasteiger partial charge in [0.25, 0.3) is 0 Å². The fourth-order valence-electron chi connectivity index (χ4n) is 3.22. The first kappa shape index (κ1) is 19.3. The number of hydrogen-bond donors (Lipinski definition) is 1. The van der Waals surface area contributed by atoms with Crippen LogP contribution >= 0.6 is 0 Å². The van der Waals surface area contributed by atoms with Crippen molar-refractivity contribution in [2.24, 2.45) is 5.92 Å². The fraction of sp³-hybridized carbons (Fsp3) is 0.579. The van der Waals surface area contributed by atoms with Gasteiger partial charge in [-0.15, -0.1) is 0 Å². The zero-order chi connectivity index (χ0) is 19.4. The number of carbonyl (C=O) groups excluding carboxylic acids is 2. The maximum absolute atomic E-state index is 12.4. The molecule has 3 rings (SSSR count). The number of fused-ring (bicyclic) bond motifs is 1. The lowest BCUT2D eigenvalue weighted by Gasteiger charge is -2.34. The van der Waals surface area contributed by atoms with E-state index in [4.69, 9.17) is 14.2 Å². The molecule has 0 spiro atoms. The summed E-state index contributed by atoms with van der Waals surface area (Å²) in [5, 5.41) is 2.88. The summed E-state index contributed by atoms with van der Waals surface area (Å²) in [6, 6.07) is 3.42. The molecule has 2 aliphatic heterocycles. The number of benzene rings is 1. The molecule has 0 radical (unpaired) electrons. The molecule has 8 heteroatoms. The maximum atomic E-state index is 12.4. The average Bonchev–Trinajstić information content (AvgIpc) is 3.08. The van der Waals surface area contributed by atoms with E-state index in [-0.39, 0.29) is 25.2 Å². The molecule has 148 valence electrons. The first-order valence-corrected chi connectivity index (χ1v) is 9.24. The third-order valence-corrected chi connectivity index (χ3v) is 4.64. The van der Waals surface area contributed by atoms with Gasteiger partial charge < -0.3 is 24.4 Å². The molecule has 1 aromatic rings. The van der Waals surface area contributed by atoms with Crippen LogP contribution in [0.3, 0.4) is 0 Å². The molecule has 0 atom stereocenters. The lowest BCUT2D eigenvalue weighted by atomic mass is 10.1. The summed E-state index contributed by atoms with van der Waals surface area (Å²) < 4.78 is 16.0. The van der Waals surface area contributed by atoms with Crippen molar-refractivity contribution in [3.63, 3.8) is 0 Å². The Morgan fingerprint density at radius 3 is 2.44 bits per heavy atom. The molecule has 2 amide bonds. The van der Waals surface area contributed by atoms with Crippen LogP contribution in [0.2, 0.25) is 0 Å². The van der Waals surface area contributed by atoms with Crippen LogP contribution in [0.4, 0.5) is 5.69 Å². The number of anilines is 1. The molecular weight excluding hydrogens is 350 g/mol. The number of ether oxygens (including phenoxy) is 3. The molecule has 1 saturated heterocycles. The molecule has 0 bridgehead atoms. The van der Waals surface area contributed by atoms with Crippen LogP contribution in [0, 0.1) is 5.92 Å². The maximum Gasteiger partial charge on any atom is 0.238 e. The number of rotatable bonds is 6. The fourth-order valence-corrected chi connectivity index (χ4v) is 3.22. The number of methoxy groups -OCH3 is 1. The van der Waals surface area contributed by atoms with Crippen molar-refractivity contribution in [1.82, 2.24) is 9.80 Å². The number of nitrogens with one attached hydrogen (secondary N) is 1. The van der Waals surface area contributed by atoms with Crippen molar-refractivity contribution < 1.29 is 23.8 Å². The van der Waals surface area contributed by atoms with E-state index in [1.807, 2.05) is 23.6 Å². The summed E-state index contributed by atoms with van der Waals surface area (Å²) in [6.07, 6.45) is 0.574. The predicted molar refractivity (Wildman–Crippen MR) is 100 cm³/mol. The molecule has 0 aliphatic carbocycles. The minimum Gasteiger partial charge on any atom is -0.494 e. The highest BCUT2D eigenvalue weighted by molar-refractivity contribution is 5.94. The van der Waals surface area contributed by atoms with Crippen LogP contribution in [0.15, 0.2) is 12.1 Å². The average molecular weight is 377 g/mol. The van der Waals surface area contributed by atoms with Gasteiger partial charge in [-0.25, -0.2) is 0 Å². The van der Waals surface area contributed by atoms with E-state index >= 15 is 0 Å². The second-order valence-corrected chi connectivity index (χ2v) is 7.21. The molecule has 1 aromatic carbocycles. The molecule has 2 heterocycles. The Morgan fingerprint density at radius 1 is 1.15 bits per heavy atom. The van der Waals surface area contributed by atoms with Gasteiger partial charge in [0.05, 0.1) is 19.3 Å². The largest absolute Gasteiger partial charge is 0.494 e. The number of amides is 2.